The van der Waals surface area contributed by atoms with Gasteiger partial charge in [-0.3, -0.25) is 4.79 Å². The van der Waals surface area contributed by atoms with E-state index in [-0.39, 0.29) is 12.0 Å². The number of benzene rings is 1. The average molecular weight is 346 g/mol. The highest BCUT2D eigenvalue weighted by Crippen LogP contribution is 2.32. The van der Waals surface area contributed by atoms with Gasteiger partial charge in [0.15, 0.2) is 0 Å². The lowest BCUT2D eigenvalue weighted by molar-refractivity contribution is -0.121. The summed E-state index contributed by atoms with van der Waals surface area (Å²) in [5.41, 5.74) is 1.92. The number of hydrogen-bond acceptors (Lipinski definition) is 5. The van der Waals surface area contributed by atoms with Crippen LogP contribution >= 0.6 is 11.3 Å². The molecule has 1 N–H and O–H groups in total. The van der Waals surface area contributed by atoms with Crippen LogP contribution in [0.1, 0.15) is 25.0 Å². The number of nitrogens with zero attached hydrogens (tertiary/aromatic N) is 1. The summed E-state index contributed by atoms with van der Waals surface area (Å²) in [6.07, 6.45) is 3.40. The number of thiazole rings is 1. The predicted octanol–water partition coefficient (Wildman–Crippen LogP) is 3.05. The van der Waals surface area contributed by atoms with Crippen LogP contribution in [0, 0.1) is 0 Å². The Hall–Kier alpha value is -1.92. The van der Waals surface area contributed by atoms with Gasteiger partial charge in [-0.1, -0.05) is 12.1 Å². The van der Waals surface area contributed by atoms with Crippen molar-refractivity contribution in [3.05, 3.63) is 35.3 Å². The monoisotopic (exact) mass is 346 g/mol. The summed E-state index contributed by atoms with van der Waals surface area (Å²) in [7, 11) is 1.66. The number of hydrogen-bond donors (Lipinski definition) is 1. The Labute approximate surface area is 146 Å². The first-order valence-corrected chi connectivity index (χ1v) is 9.10. The van der Waals surface area contributed by atoms with E-state index in [9.17, 15) is 4.79 Å². The van der Waals surface area contributed by atoms with Crippen LogP contribution in [0.25, 0.3) is 10.6 Å². The number of rotatable bonds is 7. The van der Waals surface area contributed by atoms with Crippen LogP contribution in [0.3, 0.4) is 0 Å². The molecule has 128 valence electrons. The largest absolute Gasteiger partial charge is 0.496 e. The second kappa shape index (κ2) is 8.26. The van der Waals surface area contributed by atoms with Crippen molar-refractivity contribution >= 4 is 17.2 Å². The van der Waals surface area contributed by atoms with E-state index in [0.29, 0.717) is 19.4 Å². The zero-order valence-corrected chi connectivity index (χ0v) is 14.6. The molecule has 1 saturated heterocycles. The molecule has 1 unspecified atom stereocenters. The van der Waals surface area contributed by atoms with Gasteiger partial charge < -0.3 is 14.8 Å². The second-order valence-corrected chi connectivity index (χ2v) is 6.64. The summed E-state index contributed by atoms with van der Waals surface area (Å²) in [4.78, 5) is 16.6. The van der Waals surface area contributed by atoms with Gasteiger partial charge in [0, 0.05) is 25.0 Å². The summed E-state index contributed by atoms with van der Waals surface area (Å²) in [5.74, 6) is 0.866. The average Bonchev–Trinajstić information content (AvgIpc) is 3.29. The van der Waals surface area contributed by atoms with E-state index in [1.807, 2.05) is 29.6 Å². The molecule has 1 fully saturated rings. The molecule has 24 heavy (non-hydrogen) atoms. The number of aryl methyl sites for hydroxylation is 1. The number of ether oxygens (including phenoxy) is 2. The van der Waals surface area contributed by atoms with Crippen molar-refractivity contribution < 1.29 is 14.3 Å². The SMILES string of the molecule is COc1ccccc1-c1nc(CCC(=O)NCC2CCCO2)cs1. The first-order valence-electron chi connectivity index (χ1n) is 8.22. The van der Waals surface area contributed by atoms with Crippen LogP contribution < -0.4 is 10.1 Å². The maximum absolute atomic E-state index is 11.9. The van der Waals surface area contributed by atoms with Gasteiger partial charge in [-0.25, -0.2) is 4.98 Å². The molecular weight excluding hydrogens is 324 g/mol. The van der Waals surface area contributed by atoms with Crippen molar-refractivity contribution in [1.29, 1.82) is 0 Å². The van der Waals surface area contributed by atoms with Gasteiger partial charge in [-0.15, -0.1) is 11.3 Å². The van der Waals surface area contributed by atoms with Crippen molar-refractivity contribution in [3.63, 3.8) is 0 Å². The molecule has 0 spiro atoms. The van der Waals surface area contributed by atoms with Crippen molar-refractivity contribution in [2.45, 2.75) is 31.8 Å². The molecule has 1 amide bonds. The maximum Gasteiger partial charge on any atom is 0.220 e. The molecular formula is C18H22N2O3S. The van der Waals surface area contributed by atoms with Crippen molar-refractivity contribution in [2.75, 3.05) is 20.3 Å². The highest BCUT2D eigenvalue weighted by Gasteiger charge is 2.16. The fraction of sp³-hybridized carbons (Fsp3) is 0.444. The maximum atomic E-state index is 11.9. The Bertz CT molecular complexity index is 680. The molecule has 1 aromatic carbocycles. The third kappa shape index (κ3) is 4.33. The molecule has 5 nitrogen and oxygen atoms in total. The molecule has 1 aromatic heterocycles. The number of carbonyl (C=O) groups is 1. The highest BCUT2D eigenvalue weighted by molar-refractivity contribution is 7.13. The van der Waals surface area contributed by atoms with Gasteiger partial charge in [-0.05, 0) is 31.4 Å². The summed E-state index contributed by atoms with van der Waals surface area (Å²) in [6, 6.07) is 7.83. The van der Waals surface area contributed by atoms with E-state index in [1.54, 1.807) is 18.4 Å². The number of aromatic nitrogens is 1. The number of amides is 1. The molecule has 3 rings (SSSR count). The van der Waals surface area contributed by atoms with E-state index in [2.05, 4.69) is 10.3 Å². The van der Waals surface area contributed by atoms with Crippen molar-refractivity contribution in [3.8, 4) is 16.3 Å². The quantitative estimate of drug-likeness (QED) is 0.837. The summed E-state index contributed by atoms with van der Waals surface area (Å²) >= 11 is 1.57. The Kier molecular flexibility index (Phi) is 5.82. The Morgan fingerprint density at radius 3 is 3.12 bits per heavy atom. The summed E-state index contributed by atoms with van der Waals surface area (Å²) in [5, 5.41) is 5.87. The molecule has 0 bridgehead atoms. The van der Waals surface area contributed by atoms with Crippen LogP contribution in [0.4, 0.5) is 0 Å². The molecule has 0 aliphatic carbocycles. The van der Waals surface area contributed by atoms with E-state index >= 15 is 0 Å². The van der Waals surface area contributed by atoms with Gasteiger partial charge in [0.25, 0.3) is 0 Å². The highest BCUT2D eigenvalue weighted by atomic mass is 32.1. The molecule has 6 heteroatoms. The minimum Gasteiger partial charge on any atom is -0.496 e. The van der Waals surface area contributed by atoms with Crippen molar-refractivity contribution in [2.24, 2.45) is 0 Å². The Morgan fingerprint density at radius 2 is 2.33 bits per heavy atom. The molecule has 1 aliphatic rings. The van der Waals surface area contributed by atoms with Crippen LogP contribution in [0.5, 0.6) is 5.75 Å². The Morgan fingerprint density at radius 1 is 1.46 bits per heavy atom. The van der Waals surface area contributed by atoms with E-state index in [0.717, 1.165) is 41.5 Å². The minimum atomic E-state index is 0.0531. The third-order valence-corrected chi connectivity index (χ3v) is 4.97. The van der Waals surface area contributed by atoms with Gasteiger partial charge >= 0.3 is 0 Å². The number of methoxy groups -OCH3 is 1. The molecule has 0 radical (unpaired) electrons. The first-order chi connectivity index (χ1) is 11.8. The van der Waals surface area contributed by atoms with Gasteiger partial charge in [-0.2, -0.15) is 0 Å². The number of nitrogens with one attached hydrogen (secondary N) is 1. The second-order valence-electron chi connectivity index (χ2n) is 5.78. The lowest BCUT2D eigenvalue weighted by atomic mass is 10.2. The summed E-state index contributed by atoms with van der Waals surface area (Å²) < 4.78 is 10.9. The zero-order chi connectivity index (χ0) is 16.8. The predicted molar refractivity (Wildman–Crippen MR) is 94.4 cm³/mol. The first kappa shape index (κ1) is 16.9. The van der Waals surface area contributed by atoms with E-state index in [1.165, 1.54) is 0 Å². The number of para-hydroxylation sites is 1. The zero-order valence-electron chi connectivity index (χ0n) is 13.8. The molecule has 2 aromatic rings. The standard InChI is InChI=1S/C18H22N2O3S/c1-22-16-7-3-2-6-15(16)18-20-13(12-24-18)8-9-17(21)19-11-14-5-4-10-23-14/h2-3,6-7,12,14H,4-5,8-11H2,1H3,(H,19,21). The topological polar surface area (TPSA) is 60.5 Å². The number of carbonyl (C=O) groups excluding carboxylic acids is 1. The van der Waals surface area contributed by atoms with Gasteiger partial charge in [0.1, 0.15) is 10.8 Å². The Balaban J connectivity index is 1.51. The smallest absolute Gasteiger partial charge is 0.220 e. The van der Waals surface area contributed by atoms with Crippen molar-refractivity contribution in [1.82, 2.24) is 10.3 Å². The third-order valence-electron chi connectivity index (χ3n) is 4.05. The van der Waals surface area contributed by atoms with E-state index in [4.69, 9.17) is 9.47 Å². The summed E-state index contributed by atoms with van der Waals surface area (Å²) in [6.45, 7) is 1.42. The normalized spacial score (nSPS) is 17.0. The van der Waals surface area contributed by atoms with Crippen LogP contribution in [0.15, 0.2) is 29.6 Å². The molecule has 1 atom stereocenters. The fourth-order valence-corrected chi connectivity index (χ4v) is 3.61. The molecule has 0 saturated carbocycles. The van der Waals surface area contributed by atoms with Crippen LogP contribution in [-0.2, 0) is 16.0 Å². The molecule has 2 heterocycles. The van der Waals surface area contributed by atoms with Gasteiger partial charge in [0.05, 0.1) is 24.5 Å². The van der Waals surface area contributed by atoms with Gasteiger partial charge in [0.2, 0.25) is 5.91 Å². The minimum absolute atomic E-state index is 0.0531. The fourth-order valence-electron chi connectivity index (χ4n) is 2.73. The van der Waals surface area contributed by atoms with E-state index < -0.39 is 0 Å². The van der Waals surface area contributed by atoms with Crippen LogP contribution in [0.2, 0.25) is 0 Å². The lowest BCUT2D eigenvalue weighted by Gasteiger charge is -2.10. The van der Waals surface area contributed by atoms with Crippen LogP contribution in [-0.4, -0.2) is 37.3 Å². The molecule has 1 aliphatic heterocycles. The lowest BCUT2D eigenvalue weighted by Crippen LogP contribution is -2.31.